The van der Waals surface area contributed by atoms with E-state index in [2.05, 4.69) is 23.1 Å². The molecule has 1 aromatic carbocycles. The summed E-state index contributed by atoms with van der Waals surface area (Å²) in [5.41, 5.74) is 4.04. The molecule has 0 bridgehead atoms. The third kappa shape index (κ3) is 3.28. The predicted octanol–water partition coefficient (Wildman–Crippen LogP) is 2.43. The summed E-state index contributed by atoms with van der Waals surface area (Å²) < 4.78 is 7.07. The molecule has 0 amide bonds. The number of hydrogen-bond donors (Lipinski definition) is 0. The third-order valence-electron chi connectivity index (χ3n) is 4.53. The van der Waals surface area contributed by atoms with Crippen LogP contribution in [0.5, 0.6) is 0 Å². The van der Waals surface area contributed by atoms with Crippen molar-refractivity contribution >= 4 is 11.5 Å². The zero-order chi connectivity index (χ0) is 17.2. The zero-order valence-electron chi connectivity index (χ0n) is 14.3. The Morgan fingerprint density at radius 2 is 1.88 bits per heavy atom. The SMILES string of the molecule is Cc1cc(Cc2ccccc2)c2nc(N3CCOCC3)cc(=O)n2c1. The van der Waals surface area contributed by atoms with Crippen molar-refractivity contribution in [2.24, 2.45) is 0 Å². The lowest BCUT2D eigenvalue weighted by Crippen LogP contribution is -2.37. The summed E-state index contributed by atoms with van der Waals surface area (Å²) >= 11 is 0. The molecular weight excluding hydrogens is 314 g/mol. The summed E-state index contributed by atoms with van der Waals surface area (Å²) in [6, 6.07) is 14.0. The summed E-state index contributed by atoms with van der Waals surface area (Å²) in [4.78, 5) is 19.6. The van der Waals surface area contributed by atoms with Gasteiger partial charge in [-0.1, -0.05) is 36.4 Å². The van der Waals surface area contributed by atoms with Crippen molar-refractivity contribution in [2.75, 3.05) is 31.2 Å². The Hall–Kier alpha value is -2.66. The Kier molecular flexibility index (Phi) is 4.24. The maximum atomic E-state index is 12.7. The number of ether oxygens (including phenoxy) is 1. The molecule has 0 aliphatic carbocycles. The van der Waals surface area contributed by atoms with Crippen molar-refractivity contribution in [3.05, 3.63) is 75.7 Å². The van der Waals surface area contributed by atoms with Gasteiger partial charge in [-0.2, -0.15) is 0 Å². The highest BCUT2D eigenvalue weighted by Gasteiger charge is 2.16. The molecule has 5 heteroatoms. The highest BCUT2D eigenvalue weighted by atomic mass is 16.5. The molecule has 3 aromatic rings. The van der Waals surface area contributed by atoms with Crippen LogP contribution in [-0.2, 0) is 11.2 Å². The van der Waals surface area contributed by atoms with Gasteiger partial charge in [-0.15, -0.1) is 0 Å². The molecule has 3 heterocycles. The average molecular weight is 335 g/mol. The van der Waals surface area contributed by atoms with Gasteiger partial charge < -0.3 is 9.64 Å². The highest BCUT2D eigenvalue weighted by molar-refractivity contribution is 5.55. The van der Waals surface area contributed by atoms with Gasteiger partial charge in [0.2, 0.25) is 0 Å². The summed E-state index contributed by atoms with van der Waals surface area (Å²) in [7, 11) is 0. The van der Waals surface area contributed by atoms with Gasteiger partial charge in [0.15, 0.2) is 0 Å². The number of aromatic nitrogens is 2. The Morgan fingerprint density at radius 3 is 2.64 bits per heavy atom. The molecular formula is C20H21N3O2. The molecule has 128 valence electrons. The fourth-order valence-electron chi connectivity index (χ4n) is 3.31. The number of nitrogens with zero attached hydrogens (tertiary/aromatic N) is 3. The molecule has 4 rings (SSSR count). The van der Waals surface area contributed by atoms with E-state index in [1.54, 1.807) is 10.5 Å². The van der Waals surface area contributed by atoms with E-state index < -0.39 is 0 Å². The van der Waals surface area contributed by atoms with Crippen LogP contribution in [0.15, 0.2) is 53.5 Å². The molecule has 5 nitrogen and oxygen atoms in total. The largest absolute Gasteiger partial charge is 0.378 e. The topological polar surface area (TPSA) is 46.8 Å². The maximum absolute atomic E-state index is 12.7. The fraction of sp³-hybridized carbons (Fsp3) is 0.300. The molecule has 0 radical (unpaired) electrons. The Labute approximate surface area is 146 Å². The van der Waals surface area contributed by atoms with Gasteiger partial charge in [0.25, 0.3) is 5.56 Å². The van der Waals surface area contributed by atoms with Gasteiger partial charge >= 0.3 is 0 Å². The van der Waals surface area contributed by atoms with E-state index in [0.717, 1.165) is 42.1 Å². The standard InChI is InChI=1S/C20H21N3O2/c1-15-11-17(12-16-5-3-2-4-6-16)20-21-18(13-19(24)23(20)14-15)22-7-9-25-10-8-22/h2-6,11,13-14H,7-10,12H2,1H3. The molecule has 0 spiro atoms. The zero-order valence-corrected chi connectivity index (χ0v) is 14.3. The van der Waals surface area contributed by atoms with Gasteiger partial charge in [0.05, 0.1) is 13.2 Å². The highest BCUT2D eigenvalue weighted by Crippen LogP contribution is 2.18. The summed E-state index contributed by atoms with van der Waals surface area (Å²) in [6.45, 7) is 4.89. The van der Waals surface area contributed by atoms with E-state index in [1.165, 1.54) is 5.56 Å². The second-order valence-corrected chi connectivity index (χ2v) is 6.45. The molecule has 2 aromatic heterocycles. The molecule has 25 heavy (non-hydrogen) atoms. The quantitative estimate of drug-likeness (QED) is 0.737. The monoisotopic (exact) mass is 335 g/mol. The molecule has 0 atom stereocenters. The summed E-state index contributed by atoms with van der Waals surface area (Å²) in [5.74, 6) is 0.742. The number of anilines is 1. The van der Waals surface area contributed by atoms with E-state index in [4.69, 9.17) is 9.72 Å². The predicted molar refractivity (Wildman–Crippen MR) is 98.5 cm³/mol. The molecule has 1 aliphatic rings. The fourth-order valence-corrected chi connectivity index (χ4v) is 3.31. The van der Waals surface area contributed by atoms with E-state index in [0.29, 0.717) is 13.2 Å². The number of benzene rings is 1. The lowest BCUT2D eigenvalue weighted by molar-refractivity contribution is 0.122. The van der Waals surface area contributed by atoms with Crippen molar-refractivity contribution in [1.82, 2.24) is 9.38 Å². The van der Waals surface area contributed by atoms with Gasteiger partial charge in [-0.3, -0.25) is 9.20 Å². The first-order valence-corrected chi connectivity index (χ1v) is 8.60. The van der Waals surface area contributed by atoms with Gasteiger partial charge in [-0.05, 0) is 18.1 Å². The lowest BCUT2D eigenvalue weighted by atomic mass is 10.0. The van der Waals surface area contributed by atoms with E-state index in [1.807, 2.05) is 31.3 Å². The second kappa shape index (κ2) is 6.69. The van der Waals surface area contributed by atoms with Crippen LogP contribution in [0.2, 0.25) is 0 Å². The second-order valence-electron chi connectivity index (χ2n) is 6.45. The first-order valence-electron chi connectivity index (χ1n) is 8.60. The van der Waals surface area contributed by atoms with Crippen molar-refractivity contribution in [3.8, 4) is 0 Å². The lowest BCUT2D eigenvalue weighted by Gasteiger charge is -2.28. The van der Waals surface area contributed by atoms with Gasteiger partial charge in [0, 0.05) is 37.3 Å². The van der Waals surface area contributed by atoms with Crippen molar-refractivity contribution in [3.63, 3.8) is 0 Å². The smallest absolute Gasteiger partial charge is 0.259 e. The van der Waals surface area contributed by atoms with Crippen LogP contribution in [0.3, 0.4) is 0 Å². The first kappa shape index (κ1) is 15.8. The van der Waals surface area contributed by atoms with E-state index in [9.17, 15) is 4.79 Å². The number of pyridine rings is 1. The number of morpholine rings is 1. The van der Waals surface area contributed by atoms with Crippen LogP contribution in [0.4, 0.5) is 5.82 Å². The van der Waals surface area contributed by atoms with Crippen molar-refractivity contribution in [1.29, 1.82) is 0 Å². The Morgan fingerprint density at radius 1 is 1.12 bits per heavy atom. The van der Waals surface area contributed by atoms with Crippen molar-refractivity contribution in [2.45, 2.75) is 13.3 Å². The molecule has 1 aliphatic heterocycles. The minimum absolute atomic E-state index is 0.0375. The van der Waals surface area contributed by atoms with Crippen molar-refractivity contribution < 1.29 is 4.74 Å². The Balaban J connectivity index is 1.83. The summed E-state index contributed by atoms with van der Waals surface area (Å²) in [6.07, 6.45) is 2.62. The van der Waals surface area contributed by atoms with Gasteiger partial charge in [0.1, 0.15) is 11.5 Å². The molecule has 0 N–H and O–H groups in total. The van der Waals surface area contributed by atoms with Crippen LogP contribution in [0, 0.1) is 6.92 Å². The van der Waals surface area contributed by atoms with Crippen LogP contribution in [0.25, 0.3) is 5.65 Å². The Bertz CT molecular complexity index is 944. The number of hydrogen-bond acceptors (Lipinski definition) is 4. The first-order chi connectivity index (χ1) is 12.2. The summed E-state index contributed by atoms with van der Waals surface area (Å²) in [5, 5.41) is 0. The molecule has 1 fully saturated rings. The minimum Gasteiger partial charge on any atom is -0.378 e. The molecule has 0 unspecified atom stereocenters. The molecule has 1 saturated heterocycles. The maximum Gasteiger partial charge on any atom is 0.259 e. The van der Waals surface area contributed by atoms with Crippen LogP contribution >= 0.6 is 0 Å². The number of fused-ring (bicyclic) bond motifs is 1. The van der Waals surface area contributed by atoms with Gasteiger partial charge in [-0.25, -0.2) is 4.98 Å². The normalized spacial score (nSPS) is 14.8. The molecule has 0 saturated carbocycles. The number of aryl methyl sites for hydroxylation is 1. The average Bonchev–Trinajstić information content (AvgIpc) is 2.64. The van der Waals surface area contributed by atoms with Crippen LogP contribution in [-0.4, -0.2) is 35.7 Å². The third-order valence-corrected chi connectivity index (χ3v) is 4.53. The number of rotatable bonds is 3. The minimum atomic E-state index is -0.0375. The van der Waals surface area contributed by atoms with Crippen LogP contribution in [0.1, 0.15) is 16.7 Å². The van der Waals surface area contributed by atoms with Crippen LogP contribution < -0.4 is 10.5 Å². The van der Waals surface area contributed by atoms with E-state index in [-0.39, 0.29) is 5.56 Å². The van der Waals surface area contributed by atoms with E-state index >= 15 is 0 Å².